The maximum atomic E-state index is 11.8. The van der Waals surface area contributed by atoms with Gasteiger partial charge in [-0.2, -0.15) is 0 Å². The van der Waals surface area contributed by atoms with Crippen LogP contribution in [0.2, 0.25) is 0 Å². The second-order valence-electron chi connectivity index (χ2n) is 12.6. The molecule has 0 aliphatic carbocycles. The zero-order chi connectivity index (χ0) is 32.9. The average molecular weight is 587 g/mol. The van der Waals surface area contributed by atoms with Gasteiger partial charge in [0.2, 0.25) is 0 Å². The highest BCUT2D eigenvalue weighted by Gasteiger charge is 2.20. The molecule has 0 aliphatic heterocycles. The number of carbonyl (C=O) groups is 1. The van der Waals surface area contributed by atoms with Crippen molar-refractivity contribution in [3.8, 4) is 0 Å². The number of carbonyl (C=O) groups excluding carboxylic acids is 1. The summed E-state index contributed by atoms with van der Waals surface area (Å²) in [5.41, 5.74) is 5.25. The van der Waals surface area contributed by atoms with Crippen LogP contribution in [0.4, 0.5) is 0 Å². The van der Waals surface area contributed by atoms with Gasteiger partial charge in [-0.15, -0.1) is 0 Å². The highest BCUT2D eigenvalue weighted by Crippen LogP contribution is 2.16. The molecule has 0 aromatic rings. The van der Waals surface area contributed by atoms with E-state index in [1.807, 2.05) is 52.0 Å². The van der Waals surface area contributed by atoms with Crippen molar-refractivity contribution in [2.75, 3.05) is 0 Å². The van der Waals surface area contributed by atoms with Gasteiger partial charge < -0.3 is 10.2 Å². The van der Waals surface area contributed by atoms with E-state index in [9.17, 15) is 15.0 Å². The van der Waals surface area contributed by atoms with E-state index >= 15 is 0 Å². The maximum Gasteiger partial charge on any atom is 0.186 e. The Bertz CT molecular complexity index is 1200. The molecule has 0 rings (SSSR count). The van der Waals surface area contributed by atoms with E-state index in [-0.39, 0.29) is 5.78 Å². The number of ketones is 1. The van der Waals surface area contributed by atoms with Crippen LogP contribution in [0.15, 0.2) is 131 Å². The molecule has 0 heterocycles. The van der Waals surface area contributed by atoms with E-state index in [1.165, 1.54) is 36.6 Å². The number of hydrogen-bond acceptors (Lipinski definition) is 3. The van der Waals surface area contributed by atoms with Crippen LogP contribution in [-0.2, 0) is 4.79 Å². The fourth-order valence-corrected chi connectivity index (χ4v) is 3.65. The van der Waals surface area contributed by atoms with Gasteiger partial charge in [0.25, 0.3) is 0 Å². The summed E-state index contributed by atoms with van der Waals surface area (Å²) in [6, 6.07) is 0. The van der Waals surface area contributed by atoms with Gasteiger partial charge in [-0.1, -0.05) is 125 Å². The molecule has 0 aromatic heterocycles. The Morgan fingerprint density at radius 2 is 1.00 bits per heavy atom. The Morgan fingerprint density at radius 1 is 0.558 bits per heavy atom. The summed E-state index contributed by atoms with van der Waals surface area (Å²) in [4.78, 5) is 11.8. The number of rotatable bonds is 18. The molecule has 0 spiro atoms. The lowest BCUT2D eigenvalue weighted by Gasteiger charge is -2.16. The molecule has 43 heavy (non-hydrogen) atoms. The summed E-state index contributed by atoms with van der Waals surface area (Å²) in [6.45, 7) is 19.2. The standard InChI is InChI=1S/C40H58O3/c1-32(20-13-22-34(3)24-15-26-36(5)28-17-31-39(7,8)42)18-11-12-19-33(2)21-14-23-35(4)25-16-27-37(6)29-30-38(41)40(9,10)43/h11-14,16,18-23,25-27,29-30,42-43H,15,17,24,28,31H2,1-10H3/b12-11+,20-13+,21-14+,25-16+,30-29+,32-18+,33-19+,34-22+,35-23+,36-26+,37-27+. The van der Waals surface area contributed by atoms with Crippen LogP contribution in [0.5, 0.6) is 0 Å². The Labute approximate surface area is 263 Å². The summed E-state index contributed by atoms with van der Waals surface area (Å²) >= 11 is 0. The first-order valence-corrected chi connectivity index (χ1v) is 15.4. The topological polar surface area (TPSA) is 57.5 Å². The first-order chi connectivity index (χ1) is 20.0. The van der Waals surface area contributed by atoms with Crippen molar-refractivity contribution in [2.45, 2.75) is 113 Å². The Balaban J connectivity index is 4.69. The van der Waals surface area contributed by atoms with Gasteiger partial charge in [0, 0.05) is 0 Å². The number of aliphatic hydroxyl groups is 2. The number of allylic oxidation sites excluding steroid dienone is 21. The van der Waals surface area contributed by atoms with Crippen molar-refractivity contribution < 1.29 is 15.0 Å². The van der Waals surface area contributed by atoms with Gasteiger partial charge in [0.1, 0.15) is 5.60 Å². The van der Waals surface area contributed by atoms with Crippen molar-refractivity contribution in [1.29, 1.82) is 0 Å². The zero-order valence-corrected chi connectivity index (χ0v) is 28.6. The summed E-state index contributed by atoms with van der Waals surface area (Å²) in [6.07, 6.45) is 37.3. The summed E-state index contributed by atoms with van der Waals surface area (Å²) in [5, 5.41) is 19.5. The molecule has 0 aliphatic rings. The third kappa shape index (κ3) is 25.0. The SMILES string of the molecule is CC(/C=C/C=C(C)/C=C/C=C(C)/C=C/C(=O)C(C)(C)O)=C\C=C\C=C(C)\C=C\C=C(/C)CC/C=C(\C)CCCC(C)(C)O. The van der Waals surface area contributed by atoms with Gasteiger partial charge in [0.05, 0.1) is 5.60 Å². The quantitative estimate of drug-likeness (QED) is 0.0954. The van der Waals surface area contributed by atoms with Crippen molar-refractivity contribution in [3.05, 3.63) is 131 Å². The van der Waals surface area contributed by atoms with Crippen LogP contribution in [0.25, 0.3) is 0 Å². The van der Waals surface area contributed by atoms with Gasteiger partial charge in [-0.3, -0.25) is 4.79 Å². The average Bonchev–Trinajstić information content (AvgIpc) is 2.88. The molecule has 0 aromatic carbocycles. The van der Waals surface area contributed by atoms with E-state index in [4.69, 9.17) is 0 Å². The van der Waals surface area contributed by atoms with E-state index in [0.717, 1.165) is 48.8 Å². The van der Waals surface area contributed by atoms with E-state index in [1.54, 1.807) is 6.08 Å². The number of hydrogen-bond donors (Lipinski definition) is 2. The lowest BCUT2D eigenvalue weighted by atomic mass is 9.99. The lowest BCUT2D eigenvalue weighted by molar-refractivity contribution is -0.128. The minimum Gasteiger partial charge on any atom is -0.390 e. The monoisotopic (exact) mass is 586 g/mol. The first-order valence-electron chi connectivity index (χ1n) is 15.4. The second-order valence-corrected chi connectivity index (χ2v) is 12.6. The molecule has 3 nitrogen and oxygen atoms in total. The van der Waals surface area contributed by atoms with Crippen molar-refractivity contribution in [2.24, 2.45) is 0 Å². The summed E-state index contributed by atoms with van der Waals surface area (Å²) < 4.78 is 0. The van der Waals surface area contributed by atoms with E-state index < -0.39 is 11.2 Å². The predicted molar refractivity (Wildman–Crippen MR) is 189 cm³/mol. The second kappa shape index (κ2) is 21.4. The molecule has 2 N–H and O–H groups in total. The molecule has 236 valence electrons. The molecular formula is C40H58O3. The van der Waals surface area contributed by atoms with Gasteiger partial charge in [-0.05, 0) is 107 Å². The van der Waals surface area contributed by atoms with Crippen LogP contribution in [0.3, 0.4) is 0 Å². The smallest absolute Gasteiger partial charge is 0.186 e. The minimum atomic E-state index is -1.34. The fourth-order valence-electron chi connectivity index (χ4n) is 3.65. The largest absolute Gasteiger partial charge is 0.390 e. The normalized spacial score (nSPS) is 15.9. The minimum absolute atomic E-state index is 0.313. The zero-order valence-electron chi connectivity index (χ0n) is 28.6. The molecule has 3 heteroatoms. The lowest BCUT2D eigenvalue weighted by Crippen LogP contribution is -2.29. The van der Waals surface area contributed by atoms with Crippen LogP contribution in [0.1, 0.15) is 101 Å². The first kappa shape index (κ1) is 39.7. The molecule has 0 atom stereocenters. The van der Waals surface area contributed by atoms with Crippen molar-refractivity contribution >= 4 is 5.78 Å². The Morgan fingerprint density at radius 3 is 1.47 bits per heavy atom. The van der Waals surface area contributed by atoms with Gasteiger partial charge in [-0.25, -0.2) is 0 Å². The van der Waals surface area contributed by atoms with Crippen LogP contribution >= 0.6 is 0 Å². The van der Waals surface area contributed by atoms with Crippen LogP contribution in [0, 0.1) is 0 Å². The van der Waals surface area contributed by atoms with Crippen LogP contribution in [-0.4, -0.2) is 27.2 Å². The molecular weight excluding hydrogens is 528 g/mol. The predicted octanol–water partition coefficient (Wildman–Crippen LogP) is 10.5. The Hall–Kier alpha value is -3.27. The molecule has 0 fully saturated rings. The van der Waals surface area contributed by atoms with Crippen molar-refractivity contribution in [1.82, 2.24) is 0 Å². The molecule has 0 amide bonds. The van der Waals surface area contributed by atoms with E-state index in [2.05, 4.69) is 88.5 Å². The molecule has 0 saturated carbocycles. The maximum absolute atomic E-state index is 11.8. The molecule has 0 bridgehead atoms. The highest BCUT2D eigenvalue weighted by molar-refractivity contribution is 5.96. The molecule has 0 radical (unpaired) electrons. The molecule has 0 saturated heterocycles. The van der Waals surface area contributed by atoms with Crippen LogP contribution < -0.4 is 0 Å². The van der Waals surface area contributed by atoms with E-state index in [0.29, 0.717) is 0 Å². The third-order valence-corrected chi connectivity index (χ3v) is 6.50. The van der Waals surface area contributed by atoms with Crippen molar-refractivity contribution in [3.63, 3.8) is 0 Å². The Kier molecular flexibility index (Phi) is 19.8. The highest BCUT2D eigenvalue weighted by atomic mass is 16.3. The van der Waals surface area contributed by atoms with Gasteiger partial charge >= 0.3 is 0 Å². The summed E-state index contributed by atoms with van der Waals surface area (Å²) in [7, 11) is 0. The molecule has 0 unspecified atom stereocenters. The fraction of sp³-hybridized carbons (Fsp3) is 0.425. The third-order valence-electron chi connectivity index (χ3n) is 6.50. The summed E-state index contributed by atoms with van der Waals surface area (Å²) in [5.74, 6) is -0.313. The van der Waals surface area contributed by atoms with Gasteiger partial charge in [0.15, 0.2) is 5.78 Å².